The van der Waals surface area contributed by atoms with E-state index in [0.29, 0.717) is 11.7 Å². The second-order valence-corrected chi connectivity index (χ2v) is 8.02. The highest BCUT2D eigenvalue weighted by molar-refractivity contribution is 5.44. The fourth-order valence-corrected chi connectivity index (χ4v) is 4.05. The third kappa shape index (κ3) is 8.79. The summed E-state index contributed by atoms with van der Waals surface area (Å²) in [6.45, 7) is 8.82. The average Bonchev–Trinajstić information content (AvgIpc) is 2.59. The van der Waals surface area contributed by atoms with Crippen molar-refractivity contribution in [3.8, 4) is 5.75 Å². The van der Waals surface area contributed by atoms with Crippen molar-refractivity contribution in [2.75, 3.05) is 0 Å². The van der Waals surface area contributed by atoms with Gasteiger partial charge < -0.3 is 5.11 Å². The summed E-state index contributed by atoms with van der Waals surface area (Å²) in [5.74, 6) is 0.998. The van der Waals surface area contributed by atoms with Crippen LogP contribution in [0, 0.1) is 13.8 Å². The van der Waals surface area contributed by atoms with Crippen LogP contribution in [0.2, 0.25) is 0 Å². The van der Waals surface area contributed by atoms with Crippen molar-refractivity contribution < 1.29 is 5.11 Å². The minimum Gasteiger partial charge on any atom is -0.508 e. The highest BCUT2D eigenvalue weighted by atomic mass is 16.3. The molecule has 1 rings (SSSR count). The fraction of sp³-hybridized carbons (Fsp3) is 0.750. The van der Waals surface area contributed by atoms with Crippen molar-refractivity contribution in [1.29, 1.82) is 0 Å². The molecule has 1 aromatic carbocycles. The molecule has 0 aliphatic heterocycles. The SMILES string of the molecule is CCCCCCCCCCCCCCC(C)c1c(C)ccc(O)c1C. The Morgan fingerprint density at radius 2 is 1.24 bits per heavy atom. The van der Waals surface area contributed by atoms with Gasteiger partial charge in [-0.25, -0.2) is 0 Å². The van der Waals surface area contributed by atoms with Gasteiger partial charge in [-0.05, 0) is 48.9 Å². The summed E-state index contributed by atoms with van der Waals surface area (Å²) in [6.07, 6.45) is 18.1. The summed E-state index contributed by atoms with van der Waals surface area (Å²) in [5.41, 5.74) is 3.76. The molecule has 0 amide bonds. The first-order valence-corrected chi connectivity index (χ1v) is 10.9. The van der Waals surface area contributed by atoms with E-state index < -0.39 is 0 Å². The van der Waals surface area contributed by atoms with E-state index in [9.17, 15) is 5.11 Å². The van der Waals surface area contributed by atoms with Gasteiger partial charge in [0.2, 0.25) is 0 Å². The normalized spacial score (nSPS) is 12.5. The molecule has 0 radical (unpaired) electrons. The first-order valence-electron chi connectivity index (χ1n) is 10.9. The zero-order chi connectivity index (χ0) is 18.5. The molecule has 1 atom stereocenters. The number of rotatable bonds is 14. The van der Waals surface area contributed by atoms with E-state index in [1.807, 2.05) is 6.07 Å². The summed E-state index contributed by atoms with van der Waals surface area (Å²) < 4.78 is 0. The largest absolute Gasteiger partial charge is 0.508 e. The molecule has 0 saturated heterocycles. The number of phenols is 1. The lowest BCUT2D eigenvalue weighted by Crippen LogP contribution is -2.00. The van der Waals surface area contributed by atoms with Crippen molar-refractivity contribution >= 4 is 0 Å². The van der Waals surface area contributed by atoms with Gasteiger partial charge in [0.15, 0.2) is 0 Å². The minimum absolute atomic E-state index is 0.446. The van der Waals surface area contributed by atoms with Crippen LogP contribution in [0.1, 0.15) is 120 Å². The van der Waals surface area contributed by atoms with Crippen molar-refractivity contribution in [2.24, 2.45) is 0 Å². The maximum absolute atomic E-state index is 9.95. The molecule has 1 nitrogen and oxygen atoms in total. The monoisotopic (exact) mass is 346 g/mol. The van der Waals surface area contributed by atoms with E-state index in [1.54, 1.807) is 0 Å². The molecule has 0 saturated carbocycles. The number of aryl methyl sites for hydroxylation is 1. The van der Waals surface area contributed by atoms with Crippen LogP contribution >= 0.6 is 0 Å². The molecule has 1 unspecified atom stereocenters. The van der Waals surface area contributed by atoms with Gasteiger partial charge in [-0.1, -0.05) is 97.0 Å². The molecule has 0 bridgehead atoms. The lowest BCUT2D eigenvalue weighted by Gasteiger charge is -2.18. The minimum atomic E-state index is 0.446. The van der Waals surface area contributed by atoms with E-state index in [4.69, 9.17) is 0 Å². The molecule has 1 N–H and O–H groups in total. The first kappa shape index (κ1) is 22.1. The topological polar surface area (TPSA) is 20.2 Å². The number of phenolic OH excluding ortho intramolecular Hbond substituents is 1. The number of benzene rings is 1. The fourth-order valence-electron chi connectivity index (χ4n) is 4.05. The maximum Gasteiger partial charge on any atom is 0.118 e. The summed E-state index contributed by atoms with van der Waals surface area (Å²) in [6, 6.07) is 3.88. The molecule has 0 aliphatic rings. The predicted octanol–water partition coefficient (Wildman–Crippen LogP) is 8.20. The van der Waals surface area contributed by atoms with Crippen LogP contribution in [0.4, 0.5) is 0 Å². The molecule has 0 aliphatic carbocycles. The summed E-state index contributed by atoms with van der Waals surface area (Å²) in [7, 11) is 0. The van der Waals surface area contributed by atoms with Gasteiger partial charge in [0.05, 0.1) is 0 Å². The van der Waals surface area contributed by atoms with E-state index in [0.717, 1.165) is 5.56 Å². The van der Waals surface area contributed by atoms with Crippen molar-refractivity contribution in [2.45, 2.75) is 117 Å². The van der Waals surface area contributed by atoms with Gasteiger partial charge in [0.1, 0.15) is 5.75 Å². The van der Waals surface area contributed by atoms with E-state index in [-0.39, 0.29) is 0 Å². The number of unbranched alkanes of at least 4 members (excludes halogenated alkanes) is 11. The van der Waals surface area contributed by atoms with E-state index in [2.05, 4.69) is 33.8 Å². The molecular weight excluding hydrogens is 304 g/mol. The Morgan fingerprint density at radius 3 is 1.76 bits per heavy atom. The van der Waals surface area contributed by atoms with Crippen LogP contribution in [-0.4, -0.2) is 5.11 Å². The lowest BCUT2D eigenvalue weighted by atomic mass is 9.88. The van der Waals surface area contributed by atoms with Gasteiger partial charge in [-0.15, -0.1) is 0 Å². The van der Waals surface area contributed by atoms with Crippen LogP contribution in [-0.2, 0) is 0 Å². The van der Waals surface area contributed by atoms with Gasteiger partial charge in [-0.2, -0.15) is 0 Å². The summed E-state index contributed by atoms with van der Waals surface area (Å²) >= 11 is 0. The second-order valence-electron chi connectivity index (χ2n) is 8.02. The highest BCUT2D eigenvalue weighted by Crippen LogP contribution is 2.32. The Bertz CT molecular complexity index is 463. The van der Waals surface area contributed by atoms with Crippen LogP contribution in [0.15, 0.2) is 12.1 Å². The molecule has 1 heteroatoms. The third-order valence-corrected chi connectivity index (χ3v) is 5.69. The van der Waals surface area contributed by atoms with E-state index in [1.165, 1.54) is 94.6 Å². The third-order valence-electron chi connectivity index (χ3n) is 5.69. The molecule has 144 valence electrons. The highest BCUT2D eigenvalue weighted by Gasteiger charge is 2.13. The van der Waals surface area contributed by atoms with Crippen LogP contribution in [0.3, 0.4) is 0 Å². The van der Waals surface area contributed by atoms with Crippen molar-refractivity contribution in [3.63, 3.8) is 0 Å². The zero-order valence-electron chi connectivity index (χ0n) is 17.4. The quantitative estimate of drug-likeness (QED) is 0.336. The molecule has 0 fully saturated rings. The Labute approximate surface area is 157 Å². The predicted molar refractivity (Wildman–Crippen MR) is 112 cm³/mol. The van der Waals surface area contributed by atoms with Gasteiger partial charge in [-0.3, -0.25) is 0 Å². The maximum atomic E-state index is 9.95. The van der Waals surface area contributed by atoms with Gasteiger partial charge in [0, 0.05) is 0 Å². The van der Waals surface area contributed by atoms with Crippen molar-refractivity contribution in [1.82, 2.24) is 0 Å². The molecule has 0 spiro atoms. The average molecular weight is 347 g/mol. The number of aromatic hydroxyl groups is 1. The Kier molecular flexibility index (Phi) is 11.7. The Balaban J connectivity index is 2.06. The van der Waals surface area contributed by atoms with E-state index >= 15 is 0 Å². The van der Waals surface area contributed by atoms with Gasteiger partial charge in [0.25, 0.3) is 0 Å². The number of hydrogen-bond acceptors (Lipinski definition) is 1. The Morgan fingerprint density at radius 1 is 0.760 bits per heavy atom. The number of hydrogen-bond donors (Lipinski definition) is 1. The molecular formula is C24H42O. The lowest BCUT2D eigenvalue weighted by molar-refractivity contribution is 0.467. The standard InChI is InChI=1S/C24H42O/c1-5-6-7-8-9-10-11-12-13-14-15-16-17-20(2)24-21(3)18-19-23(25)22(24)4/h18-20,25H,5-17H2,1-4H3. The Hall–Kier alpha value is -0.980. The molecule has 0 aromatic heterocycles. The second kappa shape index (κ2) is 13.3. The molecule has 1 aromatic rings. The van der Waals surface area contributed by atoms with Crippen LogP contribution < -0.4 is 0 Å². The smallest absolute Gasteiger partial charge is 0.118 e. The van der Waals surface area contributed by atoms with Crippen LogP contribution in [0.25, 0.3) is 0 Å². The molecule has 25 heavy (non-hydrogen) atoms. The zero-order valence-corrected chi connectivity index (χ0v) is 17.4. The van der Waals surface area contributed by atoms with Crippen LogP contribution in [0.5, 0.6) is 5.75 Å². The van der Waals surface area contributed by atoms with Gasteiger partial charge >= 0.3 is 0 Å². The molecule has 0 heterocycles. The summed E-state index contributed by atoms with van der Waals surface area (Å²) in [5, 5.41) is 9.95. The first-order chi connectivity index (χ1) is 12.1. The van der Waals surface area contributed by atoms with Crippen molar-refractivity contribution in [3.05, 3.63) is 28.8 Å². The summed E-state index contributed by atoms with van der Waals surface area (Å²) in [4.78, 5) is 0.